The molecule has 0 spiro atoms. The number of aromatic nitrogens is 3. The van der Waals surface area contributed by atoms with Gasteiger partial charge in [0.1, 0.15) is 0 Å². The number of ether oxygens (including phenoxy) is 1. The van der Waals surface area contributed by atoms with E-state index in [0.717, 1.165) is 24.5 Å². The summed E-state index contributed by atoms with van der Waals surface area (Å²) in [5.74, 6) is 1.65. The molecule has 3 aromatic rings. The molecule has 0 radical (unpaired) electrons. The van der Waals surface area contributed by atoms with Gasteiger partial charge in [0.25, 0.3) is 0 Å². The Morgan fingerprint density at radius 3 is 1.61 bits per heavy atom. The highest BCUT2D eigenvalue weighted by atomic mass is 35.5. The molecule has 2 aromatic carbocycles. The van der Waals surface area contributed by atoms with E-state index in [4.69, 9.17) is 4.74 Å². The molecule has 0 unspecified atom stereocenters. The average molecular weight is 421 g/mol. The lowest BCUT2D eigenvalue weighted by Crippen LogP contribution is -2.37. The van der Waals surface area contributed by atoms with Crippen LogP contribution in [0.3, 0.4) is 0 Å². The number of halogens is 2. The van der Waals surface area contributed by atoms with Gasteiger partial charge in [-0.2, -0.15) is 15.0 Å². The Kier molecular flexibility index (Phi) is 8.25. The van der Waals surface area contributed by atoms with Crippen molar-refractivity contribution in [1.82, 2.24) is 15.0 Å². The average Bonchev–Trinajstić information content (AvgIpc) is 2.70. The second-order valence-electron chi connectivity index (χ2n) is 5.86. The van der Waals surface area contributed by atoms with Crippen LogP contribution in [0.1, 0.15) is 0 Å². The second kappa shape index (κ2) is 10.7. The van der Waals surface area contributed by atoms with E-state index in [1.165, 1.54) is 0 Å². The quantitative estimate of drug-likeness (QED) is 0.644. The van der Waals surface area contributed by atoms with E-state index < -0.39 is 0 Å². The Morgan fingerprint density at radius 1 is 0.679 bits per heavy atom. The van der Waals surface area contributed by atoms with Gasteiger partial charge in [-0.25, -0.2) is 0 Å². The Bertz CT molecular complexity index is 788. The second-order valence-corrected chi connectivity index (χ2v) is 5.86. The normalized spacial score (nSPS) is 13.1. The zero-order chi connectivity index (χ0) is 17.6. The molecule has 1 aliphatic heterocycles. The van der Waals surface area contributed by atoms with Crippen LogP contribution >= 0.6 is 24.8 Å². The summed E-state index contributed by atoms with van der Waals surface area (Å²) in [5.41, 5.74) is 1.86. The first-order valence-corrected chi connectivity index (χ1v) is 8.60. The zero-order valence-electron chi connectivity index (χ0n) is 15.1. The van der Waals surface area contributed by atoms with Crippen LogP contribution in [0.5, 0.6) is 0 Å². The maximum atomic E-state index is 5.43. The van der Waals surface area contributed by atoms with Crippen molar-refractivity contribution in [2.75, 3.05) is 41.8 Å². The van der Waals surface area contributed by atoms with Gasteiger partial charge in [0.05, 0.1) is 13.2 Å². The lowest BCUT2D eigenvalue weighted by molar-refractivity contribution is 0.122. The van der Waals surface area contributed by atoms with Crippen LogP contribution in [0.25, 0.3) is 0 Å². The molecule has 0 atom stereocenters. The van der Waals surface area contributed by atoms with Crippen LogP contribution in [0.15, 0.2) is 60.7 Å². The van der Waals surface area contributed by atoms with Crippen LogP contribution in [0.4, 0.5) is 29.2 Å². The lowest BCUT2D eigenvalue weighted by Gasteiger charge is -2.27. The molecule has 0 bridgehead atoms. The van der Waals surface area contributed by atoms with E-state index in [0.29, 0.717) is 31.1 Å². The molecule has 2 heterocycles. The van der Waals surface area contributed by atoms with E-state index in [-0.39, 0.29) is 24.8 Å². The standard InChI is InChI=1S/C19H20N6O.2ClH/c1-3-7-15(8-4-1)20-17-22-18(21-16-9-5-2-6-10-16)24-19(23-17)25-11-13-26-14-12-25;;/h1-10H,11-14H2,(H2,20,21,22,23,24);2*1H. The van der Waals surface area contributed by atoms with Crippen molar-refractivity contribution in [2.45, 2.75) is 0 Å². The van der Waals surface area contributed by atoms with Crippen LogP contribution in [-0.2, 0) is 4.74 Å². The van der Waals surface area contributed by atoms with Crippen molar-refractivity contribution in [1.29, 1.82) is 0 Å². The summed E-state index contributed by atoms with van der Waals surface area (Å²) in [6.45, 7) is 2.88. The highest BCUT2D eigenvalue weighted by Gasteiger charge is 2.16. The zero-order valence-corrected chi connectivity index (χ0v) is 16.7. The SMILES string of the molecule is Cl.Cl.c1ccc(Nc2nc(Nc3ccccc3)nc(N3CCOCC3)n2)cc1. The van der Waals surface area contributed by atoms with Crippen molar-refractivity contribution < 1.29 is 4.74 Å². The summed E-state index contributed by atoms with van der Waals surface area (Å²) in [6.07, 6.45) is 0. The maximum absolute atomic E-state index is 5.43. The minimum atomic E-state index is 0. The van der Waals surface area contributed by atoms with E-state index in [2.05, 4.69) is 30.5 Å². The van der Waals surface area contributed by atoms with Gasteiger partial charge >= 0.3 is 0 Å². The number of hydrogen-bond acceptors (Lipinski definition) is 7. The molecule has 1 aliphatic rings. The highest BCUT2D eigenvalue weighted by molar-refractivity contribution is 5.85. The van der Waals surface area contributed by atoms with E-state index in [9.17, 15) is 0 Å². The lowest BCUT2D eigenvalue weighted by atomic mass is 10.3. The molecule has 9 heteroatoms. The predicted octanol–water partition coefficient (Wildman–Crippen LogP) is 4.04. The molecule has 0 amide bonds. The summed E-state index contributed by atoms with van der Waals surface area (Å²) >= 11 is 0. The van der Waals surface area contributed by atoms with Crippen molar-refractivity contribution in [3.8, 4) is 0 Å². The number of rotatable bonds is 5. The molecular formula is C19H22Cl2N6O. The smallest absolute Gasteiger partial charge is 0.233 e. The maximum Gasteiger partial charge on any atom is 0.233 e. The first kappa shape index (κ1) is 21.7. The van der Waals surface area contributed by atoms with E-state index in [1.54, 1.807) is 0 Å². The summed E-state index contributed by atoms with van der Waals surface area (Å²) < 4.78 is 5.43. The monoisotopic (exact) mass is 420 g/mol. The summed E-state index contributed by atoms with van der Waals surface area (Å²) in [5, 5.41) is 6.50. The molecule has 4 rings (SSSR count). The van der Waals surface area contributed by atoms with Crippen LogP contribution in [-0.4, -0.2) is 41.3 Å². The third-order valence-electron chi connectivity index (χ3n) is 3.98. The first-order chi connectivity index (χ1) is 12.9. The third-order valence-corrected chi connectivity index (χ3v) is 3.98. The van der Waals surface area contributed by atoms with Gasteiger partial charge in [-0.3, -0.25) is 0 Å². The van der Waals surface area contributed by atoms with Crippen molar-refractivity contribution in [2.24, 2.45) is 0 Å². The van der Waals surface area contributed by atoms with Crippen molar-refractivity contribution in [3.63, 3.8) is 0 Å². The Labute approximate surface area is 176 Å². The Balaban J connectivity index is 0.00000140. The number of hydrogen-bond donors (Lipinski definition) is 2. The van der Waals surface area contributed by atoms with Gasteiger partial charge in [-0.1, -0.05) is 36.4 Å². The molecule has 1 fully saturated rings. The minimum absolute atomic E-state index is 0. The molecule has 0 saturated carbocycles. The molecule has 148 valence electrons. The largest absolute Gasteiger partial charge is 0.378 e. The summed E-state index contributed by atoms with van der Waals surface area (Å²) in [7, 11) is 0. The van der Waals surface area contributed by atoms with Crippen molar-refractivity contribution >= 4 is 54.0 Å². The molecule has 1 aromatic heterocycles. The molecule has 2 N–H and O–H groups in total. The molecule has 7 nitrogen and oxygen atoms in total. The molecule has 1 saturated heterocycles. The number of benzene rings is 2. The fourth-order valence-electron chi connectivity index (χ4n) is 2.68. The van der Waals surface area contributed by atoms with Gasteiger partial charge in [0.2, 0.25) is 17.8 Å². The number of anilines is 5. The highest BCUT2D eigenvalue weighted by Crippen LogP contribution is 2.20. The van der Waals surface area contributed by atoms with Crippen LogP contribution < -0.4 is 15.5 Å². The number of para-hydroxylation sites is 2. The molecule has 28 heavy (non-hydrogen) atoms. The van der Waals surface area contributed by atoms with E-state index >= 15 is 0 Å². The number of nitrogens with one attached hydrogen (secondary N) is 2. The Morgan fingerprint density at radius 2 is 1.14 bits per heavy atom. The summed E-state index contributed by atoms with van der Waals surface area (Å²) in [4.78, 5) is 15.8. The molecule has 0 aliphatic carbocycles. The Hall–Kier alpha value is -2.61. The van der Waals surface area contributed by atoms with Gasteiger partial charge in [0, 0.05) is 24.5 Å². The van der Waals surface area contributed by atoms with Gasteiger partial charge in [-0.05, 0) is 24.3 Å². The fourth-order valence-corrected chi connectivity index (χ4v) is 2.68. The third kappa shape index (κ3) is 5.69. The van der Waals surface area contributed by atoms with Gasteiger partial charge in [0.15, 0.2) is 0 Å². The number of morpholine rings is 1. The number of nitrogens with zero attached hydrogens (tertiary/aromatic N) is 4. The minimum Gasteiger partial charge on any atom is -0.378 e. The van der Waals surface area contributed by atoms with Crippen LogP contribution in [0, 0.1) is 0 Å². The topological polar surface area (TPSA) is 75.2 Å². The van der Waals surface area contributed by atoms with E-state index in [1.807, 2.05) is 60.7 Å². The van der Waals surface area contributed by atoms with Gasteiger partial charge < -0.3 is 20.3 Å². The van der Waals surface area contributed by atoms with Crippen molar-refractivity contribution in [3.05, 3.63) is 60.7 Å². The van der Waals surface area contributed by atoms with Crippen LogP contribution in [0.2, 0.25) is 0 Å². The first-order valence-electron chi connectivity index (χ1n) is 8.60. The predicted molar refractivity (Wildman–Crippen MR) is 117 cm³/mol. The van der Waals surface area contributed by atoms with Gasteiger partial charge in [-0.15, -0.1) is 24.8 Å². The summed E-state index contributed by atoms with van der Waals surface area (Å²) in [6, 6.07) is 19.7. The molecular weight excluding hydrogens is 399 g/mol. The fraction of sp³-hybridized carbons (Fsp3) is 0.211.